The highest BCUT2D eigenvalue weighted by molar-refractivity contribution is 5.78. The highest BCUT2D eigenvalue weighted by Gasteiger charge is 2.23. The van der Waals surface area contributed by atoms with Crippen LogP contribution in [0.4, 0.5) is 0 Å². The highest BCUT2D eigenvalue weighted by atomic mass is 16.5. The number of methoxy groups -OCH3 is 1. The average Bonchev–Trinajstić information content (AvgIpc) is 2.88. The van der Waals surface area contributed by atoms with Crippen molar-refractivity contribution in [2.45, 2.75) is 51.4 Å². The van der Waals surface area contributed by atoms with Crippen LogP contribution in [-0.4, -0.2) is 31.0 Å². The zero-order valence-corrected chi connectivity index (χ0v) is 14.2. The molecule has 0 spiro atoms. The lowest BCUT2D eigenvalue weighted by atomic mass is 9.93. The number of nitrogens with zero attached hydrogens (tertiary/aromatic N) is 2. The van der Waals surface area contributed by atoms with E-state index >= 15 is 0 Å². The third-order valence-electron chi connectivity index (χ3n) is 4.57. The Hall–Kier alpha value is -2.02. The molecule has 1 heterocycles. The van der Waals surface area contributed by atoms with Crippen LogP contribution < -0.4 is 4.74 Å². The molecule has 1 amide bonds. The van der Waals surface area contributed by atoms with E-state index in [-0.39, 0.29) is 12.3 Å². The van der Waals surface area contributed by atoms with Gasteiger partial charge in [0.15, 0.2) is 0 Å². The number of hydrogen-bond acceptors (Lipinski definition) is 3. The molecule has 0 bridgehead atoms. The van der Waals surface area contributed by atoms with Crippen LogP contribution in [-0.2, 0) is 11.2 Å². The van der Waals surface area contributed by atoms with E-state index in [4.69, 9.17) is 4.74 Å². The first-order valence-corrected chi connectivity index (χ1v) is 8.53. The maximum atomic E-state index is 12.6. The molecule has 0 saturated carbocycles. The number of carbonyl (C=O) groups excluding carboxylic acids is 1. The van der Waals surface area contributed by atoms with Crippen LogP contribution >= 0.6 is 0 Å². The highest BCUT2D eigenvalue weighted by Crippen LogP contribution is 2.30. The minimum absolute atomic E-state index is 0.0856. The second-order valence-electron chi connectivity index (χ2n) is 6.11. The summed E-state index contributed by atoms with van der Waals surface area (Å²) in [6.07, 6.45) is 5.65. The zero-order valence-electron chi connectivity index (χ0n) is 14.2. The van der Waals surface area contributed by atoms with Crippen molar-refractivity contribution >= 4 is 5.91 Å². The Morgan fingerprint density at radius 3 is 2.57 bits per heavy atom. The molecule has 23 heavy (non-hydrogen) atoms. The summed E-state index contributed by atoms with van der Waals surface area (Å²) in [7, 11) is 1.61. The maximum Gasteiger partial charge on any atom is 0.224 e. The van der Waals surface area contributed by atoms with Gasteiger partial charge < -0.3 is 9.64 Å². The first-order chi connectivity index (χ1) is 11.2. The second kappa shape index (κ2) is 8.57. The molecule has 1 aromatic rings. The van der Waals surface area contributed by atoms with E-state index in [1.165, 1.54) is 12.8 Å². The summed E-state index contributed by atoms with van der Waals surface area (Å²) in [5, 5.41) is 9.59. The molecule has 1 unspecified atom stereocenters. The molecule has 2 rings (SSSR count). The molecule has 1 fully saturated rings. The third kappa shape index (κ3) is 4.48. The van der Waals surface area contributed by atoms with Gasteiger partial charge in [-0.25, -0.2) is 0 Å². The average molecular weight is 314 g/mol. The number of nitriles is 1. The summed E-state index contributed by atoms with van der Waals surface area (Å²) < 4.78 is 5.40. The largest absolute Gasteiger partial charge is 0.496 e. The molecule has 1 atom stereocenters. The number of rotatable bonds is 5. The van der Waals surface area contributed by atoms with Crippen molar-refractivity contribution in [2.24, 2.45) is 0 Å². The lowest BCUT2D eigenvalue weighted by Gasteiger charge is -2.22. The van der Waals surface area contributed by atoms with Gasteiger partial charge >= 0.3 is 0 Å². The normalized spacial score (nSPS) is 16.3. The van der Waals surface area contributed by atoms with Gasteiger partial charge in [-0.05, 0) is 30.9 Å². The quantitative estimate of drug-likeness (QED) is 0.833. The Kier molecular flexibility index (Phi) is 6.46. The predicted molar refractivity (Wildman–Crippen MR) is 90.4 cm³/mol. The van der Waals surface area contributed by atoms with Crippen molar-refractivity contribution in [1.82, 2.24) is 4.90 Å². The fraction of sp³-hybridized carbons (Fsp3) is 0.579. The summed E-state index contributed by atoms with van der Waals surface area (Å²) in [6, 6.07) is 8.21. The maximum absolute atomic E-state index is 12.6. The van der Waals surface area contributed by atoms with Gasteiger partial charge in [-0.15, -0.1) is 0 Å². The molecule has 1 saturated heterocycles. The van der Waals surface area contributed by atoms with Gasteiger partial charge in [0.05, 0.1) is 19.1 Å². The zero-order chi connectivity index (χ0) is 16.7. The van der Waals surface area contributed by atoms with Crippen LogP contribution in [0.15, 0.2) is 18.2 Å². The molecule has 1 aromatic carbocycles. The van der Waals surface area contributed by atoms with Gasteiger partial charge in [0.25, 0.3) is 0 Å². The standard InChI is InChI=1S/C19H26N2O2/c1-3-15-8-9-18(23-2)17(12-15)16(14-20)13-19(22)21-10-6-4-5-7-11-21/h8-9,12,16H,3-7,10-11,13H2,1-2H3. The van der Waals surface area contributed by atoms with E-state index in [0.29, 0.717) is 5.75 Å². The fourth-order valence-electron chi connectivity index (χ4n) is 3.12. The van der Waals surface area contributed by atoms with Crippen LogP contribution in [0.2, 0.25) is 0 Å². The summed E-state index contributed by atoms with van der Waals surface area (Å²) in [5.41, 5.74) is 1.99. The minimum Gasteiger partial charge on any atom is -0.496 e. The summed E-state index contributed by atoms with van der Waals surface area (Å²) in [6.45, 7) is 3.72. The van der Waals surface area contributed by atoms with E-state index < -0.39 is 5.92 Å². The Labute approximate surface area is 139 Å². The molecule has 1 aliphatic rings. The number of likely N-dealkylation sites (tertiary alicyclic amines) is 1. The van der Waals surface area contributed by atoms with E-state index in [2.05, 4.69) is 13.0 Å². The molecule has 4 nitrogen and oxygen atoms in total. The van der Waals surface area contributed by atoms with E-state index in [9.17, 15) is 10.1 Å². The van der Waals surface area contributed by atoms with E-state index in [1.54, 1.807) is 7.11 Å². The van der Waals surface area contributed by atoms with Gasteiger partial charge in [0.1, 0.15) is 5.75 Å². The summed E-state index contributed by atoms with van der Waals surface area (Å²) in [5.74, 6) is 0.326. The monoisotopic (exact) mass is 314 g/mol. The molecule has 1 aliphatic heterocycles. The van der Waals surface area contributed by atoms with Crippen molar-refractivity contribution in [2.75, 3.05) is 20.2 Å². The molecule has 0 radical (unpaired) electrons. The molecule has 0 aromatic heterocycles. The minimum atomic E-state index is -0.452. The van der Waals surface area contributed by atoms with Gasteiger partial charge in [-0.2, -0.15) is 5.26 Å². The van der Waals surface area contributed by atoms with Crippen molar-refractivity contribution in [3.05, 3.63) is 29.3 Å². The van der Waals surface area contributed by atoms with Crippen molar-refractivity contribution in [1.29, 1.82) is 5.26 Å². The Morgan fingerprint density at radius 2 is 2.00 bits per heavy atom. The first kappa shape index (κ1) is 17.3. The predicted octanol–water partition coefficient (Wildman–Crippen LogP) is 3.66. The topological polar surface area (TPSA) is 53.3 Å². The summed E-state index contributed by atoms with van der Waals surface area (Å²) >= 11 is 0. The van der Waals surface area contributed by atoms with Crippen LogP contribution in [0.5, 0.6) is 5.75 Å². The lowest BCUT2D eigenvalue weighted by molar-refractivity contribution is -0.131. The van der Waals surface area contributed by atoms with Gasteiger partial charge in [0, 0.05) is 25.1 Å². The SMILES string of the molecule is CCc1ccc(OC)c(C(C#N)CC(=O)N2CCCCCC2)c1. The van der Waals surface area contributed by atoms with Crippen molar-refractivity contribution in [3.63, 3.8) is 0 Å². The van der Waals surface area contributed by atoms with Gasteiger partial charge in [-0.1, -0.05) is 31.9 Å². The van der Waals surface area contributed by atoms with Crippen molar-refractivity contribution in [3.8, 4) is 11.8 Å². The fourth-order valence-corrected chi connectivity index (χ4v) is 3.12. The van der Waals surface area contributed by atoms with Crippen LogP contribution in [0.3, 0.4) is 0 Å². The molecular formula is C19H26N2O2. The number of ether oxygens (including phenoxy) is 1. The van der Waals surface area contributed by atoms with Crippen LogP contribution in [0, 0.1) is 11.3 Å². The lowest BCUT2D eigenvalue weighted by Crippen LogP contribution is -2.32. The Balaban J connectivity index is 2.16. The first-order valence-electron chi connectivity index (χ1n) is 8.53. The number of hydrogen-bond donors (Lipinski definition) is 0. The molecular weight excluding hydrogens is 288 g/mol. The third-order valence-corrected chi connectivity index (χ3v) is 4.57. The number of benzene rings is 1. The van der Waals surface area contributed by atoms with Crippen LogP contribution in [0.1, 0.15) is 56.1 Å². The summed E-state index contributed by atoms with van der Waals surface area (Å²) in [4.78, 5) is 14.5. The number of aryl methyl sites for hydroxylation is 1. The van der Waals surface area contributed by atoms with Crippen molar-refractivity contribution < 1.29 is 9.53 Å². The van der Waals surface area contributed by atoms with Crippen LogP contribution in [0.25, 0.3) is 0 Å². The Morgan fingerprint density at radius 1 is 1.30 bits per heavy atom. The molecule has 4 heteroatoms. The molecule has 124 valence electrons. The smallest absolute Gasteiger partial charge is 0.224 e. The second-order valence-corrected chi connectivity index (χ2v) is 6.11. The van der Waals surface area contributed by atoms with E-state index in [0.717, 1.165) is 43.5 Å². The molecule has 0 N–H and O–H groups in total. The Bertz CT molecular complexity index is 569. The van der Waals surface area contributed by atoms with Gasteiger partial charge in [0.2, 0.25) is 5.91 Å². The van der Waals surface area contributed by atoms with Gasteiger partial charge in [-0.3, -0.25) is 4.79 Å². The number of carbonyl (C=O) groups is 1. The number of amides is 1. The molecule has 0 aliphatic carbocycles. The van der Waals surface area contributed by atoms with E-state index in [1.807, 2.05) is 23.1 Å².